The summed E-state index contributed by atoms with van der Waals surface area (Å²) in [5.74, 6) is 1.04. The Morgan fingerprint density at radius 1 is 0.769 bits per heavy atom. The van der Waals surface area contributed by atoms with E-state index in [1.165, 1.54) is 30.0 Å². The minimum absolute atomic E-state index is 0.106. The molecule has 4 nitrogen and oxygen atoms in total. The third kappa shape index (κ3) is 5.56. The lowest BCUT2D eigenvalue weighted by Gasteiger charge is -2.11. The van der Waals surface area contributed by atoms with Crippen LogP contribution in [-0.4, -0.2) is 18.4 Å². The Labute approximate surface area is 229 Å². The van der Waals surface area contributed by atoms with E-state index < -0.39 is 0 Å². The van der Waals surface area contributed by atoms with Gasteiger partial charge >= 0.3 is 5.97 Å². The van der Waals surface area contributed by atoms with Gasteiger partial charge in [0.2, 0.25) is 0 Å². The molecule has 0 saturated carbocycles. The molecule has 39 heavy (non-hydrogen) atoms. The highest BCUT2D eigenvalue weighted by molar-refractivity contribution is 6.04. The zero-order chi connectivity index (χ0) is 27.4. The van der Waals surface area contributed by atoms with Crippen LogP contribution in [0.3, 0.4) is 0 Å². The van der Waals surface area contributed by atoms with Gasteiger partial charge in [-0.1, -0.05) is 81.8 Å². The van der Waals surface area contributed by atoms with Gasteiger partial charge in [-0.05, 0) is 82.3 Å². The van der Waals surface area contributed by atoms with Crippen molar-refractivity contribution >= 4 is 11.8 Å². The molecule has 0 fully saturated rings. The highest BCUT2D eigenvalue weighted by Gasteiger charge is 2.27. The van der Waals surface area contributed by atoms with Crippen LogP contribution in [0.4, 0.5) is 0 Å². The second-order valence-corrected chi connectivity index (χ2v) is 9.89. The maximum atomic E-state index is 13.0. The van der Waals surface area contributed by atoms with Gasteiger partial charge in [0.25, 0.3) is 0 Å². The molecule has 0 radical (unpaired) electrons. The number of allylic oxidation sites excluding steroid dienone is 1. The lowest BCUT2D eigenvalue weighted by Crippen LogP contribution is -2.09. The number of unbranched alkanes of at least 4 members (excludes halogenated alkanes) is 2. The Balaban J connectivity index is 1.26. The lowest BCUT2D eigenvalue weighted by atomic mass is 9.98. The van der Waals surface area contributed by atoms with Crippen LogP contribution in [0.25, 0.3) is 22.3 Å². The predicted molar refractivity (Wildman–Crippen MR) is 156 cm³/mol. The molecule has 5 rings (SSSR count). The molecule has 0 spiro atoms. The molecule has 4 heteroatoms. The molecule has 196 valence electrons. The fourth-order valence-corrected chi connectivity index (χ4v) is 5.06. The first kappa shape index (κ1) is 26.2. The van der Waals surface area contributed by atoms with Gasteiger partial charge in [0.05, 0.1) is 12.2 Å². The summed E-state index contributed by atoms with van der Waals surface area (Å²) in [7, 11) is 0. The quantitative estimate of drug-likeness (QED) is 0.0696. The van der Waals surface area contributed by atoms with Crippen molar-refractivity contribution in [3.8, 4) is 33.8 Å². The molecule has 0 bridgehead atoms. The largest absolute Gasteiger partial charge is 0.494 e. The lowest BCUT2D eigenvalue weighted by molar-refractivity contribution is 0.0734. The van der Waals surface area contributed by atoms with E-state index in [-0.39, 0.29) is 17.7 Å². The summed E-state index contributed by atoms with van der Waals surface area (Å²) in [6, 6.07) is 26.8. The first-order valence-electron chi connectivity index (χ1n) is 13.5. The molecule has 1 atom stereocenters. The van der Waals surface area contributed by atoms with Crippen LogP contribution in [-0.2, 0) is 0 Å². The van der Waals surface area contributed by atoms with E-state index >= 15 is 0 Å². The van der Waals surface area contributed by atoms with Crippen molar-refractivity contribution in [2.24, 2.45) is 0 Å². The zero-order valence-electron chi connectivity index (χ0n) is 22.4. The minimum atomic E-state index is -0.388. The average molecular weight is 517 g/mol. The van der Waals surface area contributed by atoms with Gasteiger partial charge in [-0.3, -0.25) is 4.79 Å². The van der Waals surface area contributed by atoms with E-state index in [4.69, 9.17) is 9.47 Å². The van der Waals surface area contributed by atoms with Crippen molar-refractivity contribution in [1.82, 2.24) is 0 Å². The number of carbonyl (C=O) groups is 2. The van der Waals surface area contributed by atoms with Crippen molar-refractivity contribution in [2.75, 3.05) is 6.61 Å². The number of esters is 1. The van der Waals surface area contributed by atoms with Gasteiger partial charge in [0, 0.05) is 11.5 Å². The van der Waals surface area contributed by atoms with Crippen molar-refractivity contribution in [3.05, 3.63) is 120 Å². The highest BCUT2D eigenvalue weighted by Crippen LogP contribution is 2.46. The number of hydrogen-bond acceptors (Lipinski definition) is 4. The molecule has 1 aliphatic carbocycles. The number of ketones is 1. The Bertz CT molecular complexity index is 1510. The summed E-state index contributed by atoms with van der Waals surface area (Å²) < 4.78 is 11.7. The van der Waals surface area contributed by atoms with Gasteiger partial charge in [0.1, 0.15) is 11.5 Å². The fourth-order valence-electron chi connectivity index (χ4n) is 5.06. The highest BCUT2D eigenvalue weighted by atomic mass is 16.5. The van der Waals surface area contributed by atoms with Crippen LogP contribution in [0, 0.1) is 0 Å². The van der Waals surface area contributed by atoms with Crippen molar-refractivity contribution in [3.63, 3.8) is 0 Å². The predicted octanol–water partition coefficient (Wildman–Crippen LogP) is 8.64. The maximum absolute atomic E-state index is 13.0. The summed E-state index contributed by atoms with van der Waals surface area (Å²) in [5.41, 5.74) is 7.74. The second kappa shape index (κ2) is 11.5. The summed E-state index contributed by atoms with van der Waals surface area (Å²) in [6.45, 7) is 8.61. The Kier molecular flexibility index (Phi) is 7.74. The molecular formula is C35H32O4. The molecule has 0 aromatic heterocycles. The fraction of sp³-hybridized carbons (Fsp3) is 0.200. The third-order valence-corrected chi connectivity index (χ3v) is 7.30. The number of ether oxygens (including phenoxy) is 2. The van der Waals surface area contributed by atoms with E-state index in [1.807, 2.05) is 48.5 Å². The van der Waals surface area contributed by atoms with Gasteiger partial charge in [-0.15, -0.1) is 0 Å². The Hall–Kier alpha value is -4.44. The molecule has 1 unspecified atom stereocenters. The van der Waals surface area contributed by atoms with Crippen LogP contribution >= 0.6 is 0 Å². The number of carbonyl (C=O) groups excluding carboxylic acids is 2. The summed E-state index contributed by atoms with van der Waals surface area (Å²) in [5, 5.41) is 0. The summed E-state index contributed by atoms with van der Waals surface area (Å²) in [6.07, 6.45) is 4.71. The van der Waals surface area contributed by atoms with Crippen LogP contribution in [0.1, 0.15) is 70.9 Å². The van der Waals surface area contributed by atoms with Crippen molar-refractivity contribution in [1.29, 1.82) is 0 Å². The molecule has 0 heterocycles. The standard InChI is InChI=1S/C35H32O4/c1-4-6-7-20-38-29-17-19-31-30-18-14-27(21-32(30)23(3)33(31)22-29)35(37)39-28-15-12-25(13-16-28)24-8-10-26(11-9-24)34(36)5-2/h5,8-19,21-23H,2,4,6-7,20H2,1,3H3. The number of hydrogen-bond donors (Lipinski definition) is 0. The van der Waals surface area contributed by atoms with E-state index in [2.05, 4.69) is 32.6 Å². The Morgan fingerprint density at radius 3 is 2.03 bits per heavy atom. The molecule has 4 aromatic rings. The van der Waals surface area contributed by atoms with E-state index in [0.29, 0.717) is 16.9 Å². The average Bonchev–Trinajstić information content (AvgIpc) is 3.26. The first-order valence-corrected chi connectivity index (χ1v) is 13.5. The molecular weight excluding hydrogens is 484 g/mol. The maximum Gasteiger partial charge on any atom is 0.343 e. The smallest absolute Gasteiger partial charge is 0.343 e. The Morgan fingerprint density at radius 2 is 1.36 bits per heavy atom. The molecule has 0 saturated heterocycles. The van der Waals surface area contributed by atoms with Crippen molar-refractivity contribution in [2.45, 2.75) is 39.0 Å². The number of fused-ring (bicyclic) bond motifs is 3. The zero-order valence-corrected chi connectivity index (χ0v) is 22.4. The van der Waals surface area contributed by atoms with E-state index in [1.54, 1.807) is 24.3 Å². The molecule has 4 aromatic carbocycles. The first-order chi connectivity index (χ1) is 19.0. The molecule has 0 amide bonds. The van der Waals surface area contributed by atoms with Crippen LogP contribution in [0.2, 0.25) is 0 Å². The van der Waals surface area contributed by atoms with Gasteiger partial charge in [-0.25, -0.2) is 4.79 Å². The molecule has 0 aliphatic heterocycles. The van der Waals surface area contributed by atoms with Gasteiger partial charge in [0.15, 0.2) is 5.78 Å². The number of rotatable bonds is 10. The van der Waals surface area contributed by atoms with Crippen LogP contribution in [0.15, 0.2) is 97.6 Å². The van der Waals surface area contributed by atoms with E-state index in [0.717, 1.165) is 41.0 Å². The summed E-state index contributed by atoms with van der Waals surface area (Å²) >= 11 is 0. The van der Waals surface area contributed by atoms with Gasteiger partial charge < -0.3 is 9.47 Å². The van der Waals surface area contributed by atoms with Crippen LogP contribution < -0.4 is 9.47 Å². The molecule has 0 N–H and O–H groups in total. The SMILES string of the molecule is C=CC(=O)c1ccc(-c2ccc(OC(=O)c3ccc4c(c3)C(C)c3cc(OCCCCC)ccc3-4)cc2)cc1. The summed E-state index contributed by atoms with van der Waals surface area (Å²) in [4.78, 5) is 24.8. The van der Waals surface area contributed by atoms with Gasteiger partial charge in [-0.2, -0.15) is 0 Å². The number of benzene rings is 4. The third-order valence-electron chi connectivity index (χ3n) is 7.30. The van der Waals surface area contributed by atoms with E-state index in [9.17, 15) is 9.59 Å². The normalized spacial score (nSPS) is 13.3. The monoisotopic (exact) mass is 516 g/mol. The second-order valence-electron chi connectivity index (χ2n) is 9.89. The topological polar surface area (TPSA) is 52.6 Å². The minimum Gasteiger partial charge on any atom is -0.494 e. The molecule has 1 aliphatic rings. The van der Waals surface area contributed by atoms with Crippen molar-refractivity contribution < 1.29 is 19.1 Å². The van der Waals surface area contributed by atoms with Crippen LogP contribution in [0.5, 0.6) is 11.5 Å².